The maximum atomic E-state index is 12.9. The topological polar surface area (TPSA) is 57.0 Å². The monoisotopic (exact) mass is 341 g/mol. The molecule has 0 aliphatic heterocycles. The van der Waals surface area contributed by atoms with E-state index in [9.17, 15) is 4.79 Å². The third-order valence-corrected chi connectivity index (χ3v) is 4.69. The zero-order valence-corrected chi connectivity index (χ0v) is 14.5. The highest BCUT2D eigenvalue weighted by Crippen LogP contribution is 2.23. The maximum absolute atomic E-state index is 12.9. The Morgan fingerprint density at radius 1 is 1.21 bits per heavy atom. The van der Waals surface area contributed by atoms with Gasteiger partial charge < -0.3 is 4.74 Å². The molecule has 0 radical (unpaired) electrons. The number of hydrogen-bond acceptors (Lipinski definition) is 5. The van der Waals surface area contributed by atoms with Gasteiger partial charge >= 0.3 is 0 Å². The molecule has 124 valence electrons. The standard InChI is InChI=1S/C18H19N3O2S/c1-13(11-23-2)21-17(22)15-8-3-4-9-16(15)20-18(21)24-12-14-7-5-6-10-19-14/h3-10,13H,11-12H2,1-2H3/t13-/m0/s1. The molecule has 1 atom stereocenters. The van der Waals surface area contributed by atoms with E-state index in [1.165, 1.54) is 11.8 Å². The van der Waals surface area contributed by atoms with E-state index in [4.69, 9.17) is 9.72 Å². The van der Waals surface area contributed by atoms with Crippen molar-refractivity contribution in [1.29, 1.82) is 0 Å². The number of pyridine rings is 1. The van der Waals surface area contributed by atoms with Gasteiger partial charge in [0.2, 0.25) is 0 Å². The van der Waals surface area contributed by atoms with E-state index >= 15 is 0 Å². The second kappa shape index (κ2) is 7.59. The highest BCUT2D eigenvalue weighted by molar-refractivity contribution is 7.98. The molecule has 2 aromatic heterocycles. The summed E-state index contributed by atoms with van der Waals surface area (Å²) in [5.74, 6) is 0.658. The van der Waals surface area contributed by atoms with Crippen LogP contribution >= 0.6 is 11.8 Å². The molecule has 0 saturated carbocycles. The molecule has 0 fully saturated rings. The van der Waals surface area contributed by atoms with Crippen LogP contribution in [-0.4, -0.2) is 28.3 Å². The van der Waals surface area contributed by atoms with Crippen molar-refractivity contribution in [2.75, 3.05) is 13.7 Å². The van der Waals surface area contributed by atoms with E-state index in [0.29, 0.717) is 28.4 Å². The van der Waals surface area contributed by atoms with Gasteiger partial charge in [-0.25, -0.2) is 4.98 Å². The summed E-state index contributed by atoms with van der Waals surface area (Å²) in [6.07, 6.45) is 1.77. The lowest BCUT2D eigenvalue weighted by Gasteiger charge is -2.18. The van der Waals surface area contributed by atoms with E-state index in [1.54, 1.807) is 17.9 Å². The molecule has 5 nitrogen and oxygen atoms in total. The van der Waals surface area contributed by atoms with Crippen molar-refractivity contribution in [2.45, 2.75) is 23.9 Å². The molecule has 3 aromatic rings. The SMILES string of the molecule is COC[C@H](C)n1c(SCc2ccccn2)nc2ccccc2c1=O. The molecular weight excluding hydrogens is 322 g/mol. The number of thioether (sulfide) groups is 1. The van der Waals surface area contributed by atoms with Gasteiger partial charge in [0.25, 0.3) is 5.56 Å². The molecule has 0 amide bonds. The molecule has 0 spiro atoms. The summed E-state index contributed by atoms with van der Waals surface area (Å²) < 4.78 is 6.96. The van der Waals surface area contributed by atoms with E-state index < -0.39 is 0 Å². The van der Waals surface area contributed by atoms with Crippen LogP contribution in [0.1, 0.15) is 18.7 Å². The summed E-state index contributed by atoms with van der Waals surface area (Å²) in [6.45, 7) is 2.42. The Hall–Kier alpha value is -2.18. The van der Waals surface area contributed by atoms with Gasteiger partial charge in [0.15, 0.2) is 5.16 Å². The van der Waals surface area contributed by atoms with Gasteiger partial charge in [-0.2, -0.15) is 0 Å². The second-order valence-corrected chi connectivity index (χ2v) is 6.44. The molecule has 0 bridgehead atoms. The number of hydrogen-bond donors (Lipinski definition) is 0. The van der Waals surface area contributed by atoms with Crippen molar-refractivity contribution >= 4 is 22.7 Å². The molecule has 0 aliphatic rings. The summed E-state index contributed by atoms with van der Waals surface area (Å²) in [5.41, 5.74) is 1.64. The van der Waals surface area contributed by atoms with Crippen molar-refractivity contribution < 1.29 is 4.74 Å². The molecular formula is C18H19N3O2S. The molecule has 0 N–H and O–H groups in total. The fraction of sp³-hybridized carbons (Fsp3) is 0.278. The number of methoxy groups -OCH3 is 1. The highest BCUT2D eigenvalue weighted by atomic mass is 32.2. The van der Waals surface area contributed by atoms with E-state index in [2.05, 4.69) is 4.98 Å². The molecule has 3 rings (SSSR count). The van der Waals surface area contributed by atoms with E-state index in [0.717, 1.165) is 5.69 Å². The van der Waals surface area contributed by atoms with Gasteiger partial charge in [-0.15, -0.1) is 0 Å². The summed E-state index contributed by atoms with van der Waals surface area (Å²) >= 11 is 1.52. The third-order valence-electron chi connectivity index (χ3n) is 3.70. The average molecular weight is 341 g/mol. The Morgan fingerprint density at radius 2 is 2.00 bits per heavy atom. The van der Waals surface area contributed by atoms with Crippen molar-refractivity contribution in [3.8, 4) is 0 Å². The average Bonchev–Trinajstić information content (AvgIpc) is 2.61. The predicted octanol–water partition coefficient (Wildman–Crippen LogP) is 3.29. The van der Waals surface area contributed by atoms with Gasteiger partial charge in [-0.05, 0) is 31.2 Å². The van der Waals surface area contributed by atoms with Gasteiger partial charge in [0.1, 0.15) is 0 Å². The fourth-order valence-electron chi connectivity index (χ4n) is 2.55. The van der Waals surface area contributed by atoms with Crippen LogP contribution in [0.3, 0.4) is 0 Å². The highest BCUT2D eigenvalue weighted by Gasteiger charge is 2.16. The second-order valence-electron chi connectivity index (χ2n) is 5.50. The minimum absolute atomic E-state index is 0.0336. The van der Waals surface area contributed by atoms with Crippen LogP contribution in [0.25, 0.3) is 10.9 Å². The molecule has 0 aliphatic carbocycles. The van der Waals surface area contributed by atoms with Crippen LogP contribution in [0.15, 0.2) is 58.6 Å². The first-order chi connectivity index (χ1) is 11.7. The first-order valence-corrected chi connectivity index (χ1v) is 8.72. The molecule has 24 heavy (non-hydrogen) atoms. The van der Waals surface area contributed by atoms with Crippen LogP contribution < -0.4 is 5.56 Å². The van der Waals surface area contributed by atoms with Crippen LogP contribution in [0.5, 0.6) is 0 Å². The quantitative estimate of drug-likeness (QED) is 0.509. The third kappa shape index (κ3) is 3.49. The van der Waals surface area contributed by atoms with Crippen molar-refractivity contribution in [3.05, 3.63) is 64.7 Å². The Labute approximate surface area is 144 Å². The van der Waals surface area contributed by atoms with E-state index in [-0.39, 0.29) is 11.6 Å². The Bertz CT molecular complexity index is 880. The van der Waals surface area contributed by atoms with Crippen LogP contribution in [0.2, 0.25) is 0 Å². The van der Waals surface area contributed by atoms with Crippen molar-refractivity contribution in [2.24, 2.45) is 0 Å². The normalized spacial score (nSPS) is 12.4. The first-order valence-electron chi connectivity index (χ1n) is 7.73. The predicted molar refractivity (Wildman–Crippen MR) is 96.4 cm³/mol. The lowest BCUT2D eigenvalue weighted by molar-refractivity contribution is 0.156. The van der Waals surface area contributed by atoms with Crippen molar-refractivity contribution in [1.82, 2.24) is 14.5 Å². The lowest BCUT2D eigenvalue weighted by atomic mass is 10.2. The lowest BCUT2D eigenvalue weighted by Crippen LogP contribution is -2.28. The maximum Gasteiger partial charge on any atom is 0.262 e. The van der Waals surface area contributed by atoms with Crippen molar-refractivity contribution in [3.63, 3.8) is 0 Å². The Morgan fingerprint density at radius 3 is 2.75 bits per heavy atom. The van der Waals surface area contributed by atoms with Gasteiger partial charge in [-0.1, -0.05) is 30.0 Å². The summed E-state index contributed by atoms with van der Waals surface area (Å²) in [4.78, 5) is 21.9. The number of fused-ring (bicyclic) bond motifs is 1. The number of aromatic nitrogens is 3. The Kier molecular flexibility index (Phi) is 5.27. The molecule has 0 unspecified atom stereocenters. The number of ether oxygens (including phenoxy) is 1. The molecule has 1 aromatic carbocycles. The Balaban J connectivity index is 2.03. The van der Waals surface area contributed by atoms with Crippen LogP contribution in [-0.2, 0) is 10.5 Å². The van der Waals surface area contributed by atoms with Gasteiger partial charge in [-0.3, -0.25) is 14.3 Å². The fourth-order valence-corrected chi connectivity index (χ4v) is 3.57. The van der Waals surface area contributed by atoms with Crippen LogP contribution in [0, 0.1) is 0 Å². The number of benzene rings is 1. The zero-order chi connectivity index (χ0) is 16.9. The summed E-state index contributed by atoms with van der Waals surface area (Å²) in [6, 6.07) is 13.2. The largest absolute Gasteiger partial charge is 0.383 e. The van der Waals surface area contributed by atoms with E-state index in [1.807, 2.05) is 49.4 Å². The molecule has 2 heterocycles. The minimum Gasteiger partial charge on any atom is -0.383 e. The summed E-state index contributed by atoms with van der Waals surface area (Å²) in [7, 11) is 1.64. The van der Waals surface area contributed by atoms with Gasteiger partial charge in [0.05, 0.1) is 29.2 Å². The minimum atomic E-state index is -0.0918. The number of nitrogens with zero attached hydrogens (tertiary/aromatic N) is 3. The number of para-hydroxylation sites is 1. The summed E-state index contributed by atoms with van der Waals surface area (Å²) in [5, 5.41) is 1.32. The smallest absolute Gasteiger partial charge is 0.262 e. The first kappa shape index (κ1) is 16.7. The number of rotatable bonds is 6. The van der Waals surface area contributed by atoms with Gasteiger partial charge in [0, 0.05) is 19.1 Å². The molecule has 0 saturated heterocycles. The van der Waals surface area contributed by atoms with Crippen LogP contribution in [0.4, 0.5) is 0 Å². The zero-order valence-electron chi connectivity index (χ0n) is 13.7. The molecule has 6 heteroatoms.